The van der Waals surface area contributed by atoms with Crippen LogP contribution in [0, 0.1) is 5.41 Å². The highest BCUT2D eigenvalue weighted by Crippen LogP contribution is 2.39. The first-order valence-corrected chi connectivity index (χ1v) is 6.65. The molecule has 0 bridgehead atoms. The molecule has 90 valence electrons. The van der Waals surface area contributed by atoms with Crippen LogP contribution in [0.25, 0.3) is 0 Å². The molecule has 0 saturated heterocycles. The van der Waals surface area contributed by atoms with Gasteiger partial charge in [-0.3, -0.25) is 0 Å². The monoisotopic (exact) mass is 241 g/mol. The van der Waals surface area contributed by atoms with Gasteiger partial charge in [0.25, 0.3) is 0 Å². The molecule has 0 aromatic carbocycles. The minimum atomic E-state index is -0.00194. The summed E-state index contributed by atoms with van der Waals surface area (Å²) in [6.07, 6.45) is 4.24. The van der Waals surface area contributed by atoms with Gasteiger partial charge in [0.2, 0.25) is 5.13 Å². The second-order valence-corrected chi connectivity index (χ2v) is 5.52. The van der Waals surface area contributed by atoms with Gasteiger partial charge >= 0.3 is 0 Å². The number of hydrogen-bond donors (Lipinski definition) is 2. The Kier molecular flexibility index (Phi) is 3.44. The molecule has 0 unspecified atom stereocenters. The van der Waals surface area contributed by atoms with Crippen molar-refractivity contribution in [3.63, 3.8) is 0 Å². The van der Waals surface area contributed by atoms with Gasteiger partial charge in [-0.1, -0.05) is 20.3 Å². The minimum absolute atomic E-state index is 0.00194. The van der Waals surface area contributed by atoms with Crippen LogP contribution in [0.5, 0.6) is 0 Å². The number of aliphatic hydroxyl groups excluding tert-OH is 1. The van der Waals surface area contributed by atoms with Crippen LogP contribution in [0.4, 0.5) is 5.13 Å². The van der Waals surface area contributed by atoms with Crippen LogP contribution >= 0.6 is 11.5 Å². The molecule has 1 saturated carbocycles. The molecule has 1 aromatic heterocycles. The summed E-state index contributed by atoms with van der Waals surface area (Å²) in [7, 11) is 0. The molecule has 16 heavy (non-hydrogen) atoms. The van der Waals surface area contributed by atoms with Crippen LogP contribution < -0.4 is 5.32 Å². The highest BCUT2D eigenvalue weighted by atomic mass is 32.1. The quantitative estimate of drug-likeness (QED) is 0.847. The number of aliphatic hydroxyl groups is 1. The summed E-state index contributed by atoms with van der Waals surface area (Å²) in [5, 5.41) is 13.8. The van der Waals surface area contributed by atoms with E-state index in [1.54, 1.807) is 0 Å². The Balaban J connectivity index is 2.03. The fourth-order valence-corrected chi connectivity index (χ4v) is 2.98. The van der Waals surface area contributed by atoms with E-state index in [-0.39, 0.29) is 12.0 Å². The molecule has 0 radical (unpaired) electrons. The van der Waals surface area contributed by atoms with Gasteiger partial charge in [0, 0.05) is 29.4 Å². The molecule has 0 spiro atoms. The lowest BCUT2D eigenvalue weighted by atomic mass is 9.86. The number of nitrogens with zero attached hydrogens (tertiary/aromatic N) is 2. The summed E-state index contributed by atoms with van der Waals surface area (Å²) in [6, 6.07) is 0.329. The largest absolute Gasteiger partial charge is 0.396 e. The van der Waals surface area contributed by atoms with Gasteiger partial charge in [-0.2, -0.15) is 4.37 Å². The van der Waals surface area contributed by atoms with E-state index >= 15 is 0 Å². The van der Waals surface area contributed by atoms with E-state index < -0.39 is 0 Å². The lowest BCUT2D eigenvalue weighted by molar-refractivity contribution is 0.139. The van der Waals surface area contributed by atoms with Gasteiger partial charge in [-0.25, -0.2) is 4.98 Å². The van der Waals surface area contributed by atoms with E-state index in [4.69, 9.17) is 0 Å². The Morgan fingerprint density at radius 3 is 3.06 bits per heavy atom. The first-order valence-electron chi connectivity index (χ1n) is 5.88. The number of hydrogen-bond acceptors (Lipinski definition) is 5. The number of rotatable bonds is 4. The molecule has 5 heteroatoms. The summed E-state index contributed by atoms with van der Waals surface area (Å²) in [6.45, 7) is 4.43. The maximum Gasteiger partial charge on any atom is 0.202 e. The molecule has 0 aliphatic heterocycles. The molecule has 2 rings (SSSR count). The maximum atomic E-state index is 9.45. The van der Waals surface area contributed by atoms with Crippen molar-refractivity contribution in [2.45, 2.75) is 45.6 Å². The number of anilines is 1. The second-order valence-electron chi connectivity index (χ2n) is 4.77. The molecule has 1 aliphatic rings. The number of aryl methyl sites for hydroxylation is 1. The van der Waals surface area contributed by atoms with Crippen molar-refractivity contribution in [1.82, 2.24) is 9.36 Å². The summed E-state index contributed by atoms with van der Waals surface area (Å²) < 4.78 is 4.26. The van der Waals surface area contributed by atoms with Crippen molar-refractivity contribution in [1.29, 1.82) is 0 Å². The van der Waals surface area contributed by atoms with Gasteiger partial charge < -0.3 is 10.4 Å². The van der Waals surface area contributed by atoms with E-state index in [0.29, 0.717) is 6.04 Å². The van der Waals surface area contributed by atoms with Gasteiger partial charge in [0.15, 0.2) is 0 Å². The lowest BCUT2D eigenvalue weighted by Crippen LogP contribution is -2.36. The topological polar surface area (TPSA) is 58.0 Å². The Labute approximate surface area is 100 Å². The molecule has 1 aliphatic carbocycles. The van der Waals surface area contributed by atoms with Crippen molar-refractivity contribution in [3.8, 4) is 0 Å². The molecule has 0 amide bonds. The summed E-state index contributed by atoms with van der Waals surface area (Å²) in [5.74, 6) is 0.899. The smallest absolute Gasteiger partial charge is 0.202 e. The summed E-state index contributed by atoms with van der Waals surface area (Å²) in [4.78, 5) is 4.41. The number of aromatic nitrogens is 2. The third-order valence-corrected chi connectivity index (χ3v) is 4.21. The maximum absolute atomic E-state index is 9.45. The van der Waals surface area contributed by atoms with Crippen molar-refractivity contribution in [3.05, 3.63) is 5.82 Å². The molecular weight excluding hydrogens is 222 g/mol. The Morgan fingerprint density at radius 2 is 2.44 bits per heavy atom. The Bertz CT molecular complexity index is 355. The molecule has 2 N–H and O–H groups in total. The van der Waals surface area contributed by atoms with E-state index in [2.05, 4.69) is 28.5 Å². The zero-order valence-corrected chi connectivity index (χ0v) is 10.7. The van der Waals surface area contributed by atoms with Gasteiger partial charge in [0.1, 0.15) is 5.82 Å². The minimum Gasteiger partial charge on any atom is -0.396 e. The first-order chi connectivity index (χ1) is 7.68. The van der Waals surface area contributed by atoms with Gasteiger partial charge in [-0.05, 0) is 12.8 Å². The van der Waals surface area contributed by atoms with Crippen LogP contribution in [-0.2, 0) is 6.42 Å². The molecule has 4 nitrogen and oxygen atoms in total. The predicted molar refractivity (Wildman–Crippen MR) is 65.7 cm³/mol. The highest BCUT2D eigenvalue weighted by molar-refractivity contribution is 7.09. The average molecular weight is 241 g/mol. The molecular formula is C11H19N3OS. The van der Waals surface area contributed by atoms with Gasteiger partial charge in [-0.15, -0.1) is 0 Å². The molecule has 1 fully saturated rings. The summed E-state index contributed by atoms with van der Waals surface area (Å²) >= 11 is 1.42. The first kappa shape index (κ1) is 11.8. The van der Waals surface area contributed by atoms with Gasteiger partial charge in [0.05, 0.1) is 6.61 Å². The standard InChI is InChI=1S/C11H19N3OS/c1-3-9-13-10(16-14-9)12-8-5-4-6-11(8,2)7-15/h8,15H,3-7H2,1-2H3,(H,12,13,14)/t8-,11+/m1/s1. The van der Waals surface area contributed by atoms with E-state index in [0.717, 1.165) is 30.2 Å². The van der Waals surface area contributed by atoms with Crippen molar-refractivity contribution in [2.75, 3.05) is 11.9 Å². The predicted octanol–water partition coefficient (Wildman–Crippen LogP) is 2.06. The number of nitrogens with one attached hydrogen (secondary N) is 1. The normalized spacial score (nSPS) is 29.6. The van der Waals surface area contributed by atoms with Crippen LogP contribution in [0.15, 0.2) is 0 Å². The van der Waals surface area contributed by atoms with Crippen molar-refractivity contribution < 1.29 is 5.11 Å². The fourth-order valence-electron chi connectivity index (χ4n) is 2.27. The average Bonchev–Trinajstić information content (AvgIpc) is 2.88. The zero-order valence-electron chi connectivity index (χ0n) is 9.86. The van der Waals surface area contributed by atoms with E-state index in [1.165, 1.54) is 18.0 Å². The van der Waals surface area contributed by atoms with E-state index in [9.17, 15) is 5.11 Å². The van der Waals surface area contributed by atoms with Crippen LogP contribution in [0.1, 0.15) is 38.9 Å². The second kappa shape index (κ2) is 4.67. The Morgan fingerprint density at radius 1 is 1.62 bits per heavy atom. The SMILES string of the molecule is CCc1nsc(N[C@@H]2CCC[C@@]2(C)CO)n1. The van der Waals surface area contributed by atoms with Crippen LogP contribution in [0.3, 0.4) is 0 Å². The third-order valence-electron chi connectivity index (χ3n) is 3.53. The Hall–Kier alpha value is -0.680. The van der Waals surface area contributed by atoms with Crippen molar-refractivity contribution >= 4 is 16.7 Å². The lowest BCUT2D eigenvalue weighted by Gasteiger charge is -2.29. The van der Waals surface area contributed by atoms with Crippen LogP contribution in [-0.4, -0.2) is 27.1 Å². The molecule has 1 heterocycles. The third kappa shape index (κ3) is 2.20. The van der Waals surface area contributed by atoms with Crippen LogP contribution in [0.2, 0.25) is 0 Å². The fraction of sp³-hybridized carbons (Fsp3) is 0.818. The van der Waals surface area contributed by atoms with Crippen molar-refractivity contribution in [2.24, 2.45) is 5.41 Å². The molecule has 1 aromatic rings. The highest BCUT2D eigenvalue weighted by Gasteiger charge is 2.38. The summed E-state index contributed by atoms with van der Waals surface area (Å²) in [5.41, 5.74) is -0.00194. The zero-order chi connectivity index (χ0) is 11.6. The molecule has 2 atom stereocenters. The van der Waals surface area contributed by atoms with E-state index in [1.807, 2.05) is 0 Å².